The molecular weight excluding hydrogens is 376 g/mol. The number of fused-ring (bicyclic) bond motifs is 2. The van der Waals surface area contributed by atoms with Gasteiger partial charge in [-0.2, -0.15) is 0 Å². The molecule has 0 fully saturated rings. The lowest BCUT2D eigenvalue weighted by Gasteiger charge is -2.30. The minimum atomic E-state index is -0.505. The van der Waals surface area contributed by atoms with Crippen LogP contribution in [0.2, 0.25) is 0 Å². The van der Waals surface area contributed by atoms with Crippen molar-refractivity contribution < 1.29 is 14.5 Å². The molecule has 0 spiro atoms. The van der Waals surface area contributed by atoms with Crippen molar-refractivity contribution in [2.24, 2.45) is 0 Å². The summed E-state index contributed by atoms with van der Waals surface area (Å²) in [5.41, 5.74) is 2.15. The quantitative estimate of drug-likeness (QED) is 0.456. The van der Waals surface area contributed by atoms with Crippen molar-refractivity contribution in [1.29, 1.82) is 0 Å². The normalized spacial score (nSPS) is 12.1. The van der Waals surface area contributed by atoms with E-state index in [4.69, 9.17) is 4.74 Å². The van der Waals surface area contributed by atoms with Crippen molar-refractivity contribution in [2.45, 2.75) is 16.7 Å². The van der Waals surface area contributed by atoms with Crippen molar-refractivity contribution in [3.8, 4) is 5.75 Å². The molecule has 1 aliphatic heterocycles. The molecule has 3 aromatic carbocycles. The van der Waals surface area contributed by atoms with Crippen LogP contribution in [-0.4, -0.2) is 17.4 Å². The summed E-state index contributed by atoms with van der Waals surface area (Å²) in [5.74, 6) is -0.216. The number of nitro benzene ring substituents is 1. The van der Waals surface area contributed by atoms with Crippen LogP contribution in [0.15, 0.2) is 76.5 Å². The van der Waals surface area contributed by atoms with Gasteiger partial charge in [0.05, 0.1) is 16.3 Å². The molecule has 1 amide bonds. The third-order valence-electron chi connectivity index (χ3n) is 4.34. The Bertz CT molecular complexity index is 1040. The zero-order valence-corrected chi connectivity index (χ0v) is 15.8. The van der Waals surface area contributed by atoms with E-state index in [-0.39, 0.29) is 24.0 Å². The van der Waals surface area contributed by atoms with Gasteiger partial charge in [0, 0.05) is 15.9 Å². The number of nitro groups is 1. The van der Waals surface area contributed by atoms with E-state index < -0.39 is 4.92 Å². The lowest BCUT2D eigenvalue weighted by molar-refractivity contribution is -0.385. The van der Waals surface area contributed by atoms with Gasteiger partial charge in [0.1, 0.15) is 0 Å². The highest BCUT2D eigenvalue weighted by molar-refractivity contribution is 7.99. The number of carbonyl (C=O) groups is 1. The molecule has 0 aliphatic carbocycles. The average Bonchev–Trinajstić information content (AvgIpc) is 2.70. The van der Waals surface area contributed by atoms with E-state index >= 15 is 0 Å². The average molecular weight is 392 g/mol. The Morgan fingerprint density at radius 2 is 1.64 bits per heavy atom. The first-order valence-corrected chi connectivity index (χ1v) is 9.43. The number of para-hydroxylation sites is 2. The fraction of sp³-hybridized carbons (Fsp3) is 0.0952. The lowest BCUT2D eigenvalue weighted by Crippen LogP contribution is -2.32. The Morgan fingerprint density at radius 3 is 2.25 bits per heavy atom. The second-order valence-corrected chi connectivity index (χ2v) is 7.37. The second-order valence-electron chi connectivity index (χ2n) is 6.28. The Morgan fingerprint density at radius 1 is 1.04 bits per heavy atom. The first kappa shape index (κ1) is 18.1. The molecule has 0 bridgehead atoms. The number of hydrogen-bond donors (Lipinski definition) is 0. The van der Waals surface area contributed by atoms with Gasteiger partial charge in [-0.1, -0.05) is 42.1 Å². The van der Waals surface area contributed by atoms with Crippen LogP contribution in [0.5, 0.6) is 5.75 Å². The minimum absolute atomic E-state index is 0.0805. The molecule has 28 heavy (non-hydrogen) atoms. The van der Waals surface area contributed by atoms with Gasteiger partial charge in [-0.25, -0.2) is 0 Å². The number of anilines is 2. The molecule has 0 saturated heterocycles. The maximum absolute atomic E-state index is 13.1. The molecule has 0 N–H and O–H groups in total. The van der Waals surface area contributed by atoms with Crippen LogP contribution < -0.4 is 9.64 Å². The molecule has 7 heteroatoms. The predicted octanol–water partition coefficient (Wildman–Crippen LogP) is 5.11. The number of carbonyl (C=O) groups excluding carboxylic acids is 1. The molecule has 3 aromatic rings. The largest absolute Gasteiger partial charge is 0.477 e. The van der Waals surface area contributed by atoms with Gasteiger partial charge in [0.15, 0.2) is 12.4 Å². The second kappa shape index (κ2) is 7.36. The van der Waals surface area contributed by atoms with Crippen LogP contribution in [-0.2, 0) is 4.79 Å². The van der Waals surface area contributed by atoms with Crippen LogP contribution in [0.1, 0.15) is 5.56 Å². The number of hydrogen-bond acceptors (Lipinski definition) is 5. The van der Waals surface area contributed by atoms with E-state index in [1.54, 1.807) is 29.7 Å². The van der Waals surface area contributed by atoms with Crippen molar-refractivity contribution in [1.82, 2.24) is 0 Å². The SMILES string of the molecule is Cc1ccc(OCC(=O)N2c3ccccc3Sc3ccccc32)c([N+](=O)[O-])c1. The number of ether oxygens (including phenoxy) is 1. The van der Waals surface area contributed by atoms with Gasteiger partial charge >= 0.3 is 5.69 Å². The highest BCUT2D eigenvalue weighted by Gasteiger charge is 2.28. The zero-order valence-electron chi connectivity index (χ0n) is 15.0. The molecule has 0 unspecified atom stereocenters. The minimum Gasteiger partial charge on any atom is -0.477 e. The van der Waals surface area contributed by atoms with Crippen molar-refractivity contribution >= 4 is 34.7 Å². The van der Waals surface area contributed by atoms with Gasteiger partial charge in [0.2, 0.25) is 0 Å². The summed E-state index contributed by atoms with van der Waals surface area (Å²) in [4.78, 5) is 27.4. The number of aryl methyl sites for hydroxylation is 1. The number of benzene rings is 3. The van der Waals surface area contributed by atoms with Gasteiger partial charge in [0.25, 0.3) is 5.91 Å². The Hall–Kier alpha value is -3.32. The summed E-state index contributed by atoms with van der Waals surface area (Å²) in [6, 6.07) is 20.0. The Kier molecular flexibility index (Phi) is 4.75. The van der Waals surface area contributed by atoms with Gasteiger partial charge in [-0.05, 0) is 42.8 Å². The topological polar surface area (TPSA) is 72.7 Å². The number of nitrogens with zero attached hydrogens (tertiary/aromatic N) is 2. The Balaban J connectivity index is 1.64. The number of amides is 1. The molecule has 1 aliphatic rings. The van der Waals surface area contributed by atoms with Crippen molar-refractivity contribution in [3.05, 3.63) is 82.4 Å². The van der Waals surface area contributed by atoms with E-state index in [9.17, 15) is 14.9 Å². The van der Waals surface area contributed by atoms with Crippen LogP contribution in [0.25, 0.3) is 0 Å². The summed E-state index contributed by atoms with van der Waals surface area (Å²) in [7, 11) is 0. The zero-order chi connectivity index (χ0) is 19.7. The fourth-order valence-corrected chi connectivity index (χ4v) is 4.13. The smallest absolute Gasteiger partial charge is 0.311 e. The van der Waals surface area contributed by atoms with E-state index in [0.717, 1.165) is 26.7 Å². The van der Waals surface area contributed by atoms with Gasteiger partial charge in [-0.15, -0.1) is 0 Å². The van der Waals surface area contributed by atoms with Crippen LogP contribution >= 0.6 is 11.8 Å². The molecular formula is C21H16N2O4S. The molecule has 4 rings (SSSR count). The van der Waals surface area contributed by atoms with Gasteiger partial charge < -0.3 is 4.74 Å². The highest BCUT2D eigenvalue weighted by atomic mass is 32.2. The van der Waals surface area contributed by atoms with Crippen molar-refractivity contribution in [2.75, 3.05) is 11.5 Å². The van der Waals surface area contributed by atoms with E-state index in [1.807, 2.05) is 48.5 Å². The van der Waals surface area contributed by atoms with Crippen molar-refractivity contribution in [3.63, 3.8) is 0 Å². The number of rotatable bonds is 4. The summed E-state index contributed by atoms with van der Waals surface area (Å²) >= 11 is 1.60. The maximum Gasteiger partial charge on any atom is 0.311 e. The highest BCUT2D eigenvalue weighted by Crippen LogP contribution is 2.47. The summed E-state index contributed by atoms with van der Waals surface area (Å²) in [6.07, 6.45) is 0. The summed E-state index contributed by atoms with van der Waals surface area (Å²) in [6.45, 7) is 1.46. The summed E-state index contributed by atoms with van der Waals surface area (Å²) < 4.78 is 5.56. The molecule has 0 saturated carbocycles. The summed E-state index contributed by atoms with van der Waals surface area (Å²) in [5, 5.41) is 11.3. The van der Waals surface area contributed by atoms with Crippen LogP contribution in [0, 0.1) is 17.0 Å². The fourth-order valence-electron chi connectivity index (χ4n) is 3.07. The monoisotopic (exact) mass is 392 g/mol. The lowest BCUT2D eigenvalue weighted by atomic mass is 10.2. The van der Waals surface area contributed by atoms with E-state index in [0.29, 0.717) is 0 Å². The third-order valence-corrected chi connectivity index (χ3v) is 5.47. The first-order chi connectivity index (χ1) is 13.5. The predicted molar refractivity (Wildman–Crippen MR) is 107 cm³/mol. The molecule has 0 radical (unpaired) electrons. The molecule has 1 heterocycles. The van der Waals surface area contributed by atoms with E-state index in [2.05, 4.69) is 0 Å². The van der Waals surface area contributed by atoms with E-state index in [1.165, 1.54) is 12.1 Å². The molecule has 140 valence electrons. The van der Waals surface area contributed by atoms with Gasteiger partial charge in [-0.3, -0.25) is 19.8 Å². The third kappa shape index (κ3) is 3.32. The molecule has 6 nitrogen and oxygen atoms in total. The standard InChI is InChI=1S/C21H16N2O4S/c1-14-10-11-18(17(12-14)23(25)26)27-13-21(24)22-15-6-2-4-8-19(15)28-20-9-5-3-7-16(20)22/h2-12H,13H2,1H3. The molecule has 0 aromatic heterocycles. The Labute approximate surface area is 165 Å². The van der Waals surface area contributed by atoms with Crippen LogP contribution in [0.4, 0.5) is 17.1 Å². The maximum atomic E-state index is 13.1. The van der Waals surface area contributed by atoms with Crippen LogP contribution in [0.3, 0.4) is 0 Å². The first-order valence-electron chi connectivity index (χ1n) is 8.61. The molecule has 0 atom stereocenters.